The fourth-order valence-corrected chi connectivity index (χ4v) is 2.67. The molecule has 0 bridgehead atoms. The summed E-state index contributed by atoms with van der Waals surface area (Å²) in [6.45, 7) is 0.851. The Kier molecular flexibility index (Phi) is 6.38. The highest BCUT2D eigenvalue weighted by molar-refractivity contribution is 5.27. The summed E-state index contributed by atoms with van der Waals surface area (Å²) in [5.74, 6) is 6.44. The predicted molar refractivity (Wildman–Crippen MR) is 103 cm³/mol. The van der Waals surface area contributed by atoms with Crippen molar-refractivity contribution >= 4 is 0 Å². The molecule has 0 spiro atoms. The average molecular weight is 326 g/mol. The van der Waals surface area contributed by atoms with Gasteiger partial charge in [-0.05, 0) is 35.6 Å². The van der Waals surface area contributed by atoms with Crippen LogP contribution in [0.5, 0.6) is 0 Å². The maximum atomic E-state index is 4.26. The molecule has 2 aromatic carbocycles. The number of nitrogens with zero attached hydrogens (tertiary/aromatic N) is 1. The number of hydrogen-bond donors (Lipinski definition) is 1. The molecule has 25 heavy (non-hydrogen) atoms. The molecule has 2 nitrogen and oxygen atoms in total. The van der Waals surface area contributed by atoms with Gasteiger partial charge in [0, 0.05) is 25.2 Å². The molecule has 124 valence electrons. The molecule has 3 rings (SSSR count). The lowest BCUT2D eigenvalue weighted by molar-refractivity contribution is 0.517. The summed E-state index contributed by atoms with van der Waals surface area (Å²) in [7, 11) is 0. The van der Waals surface area contributed by atoms with Gasteiger partial charge in [-0.1, -0.05) is 72.7 Å². The highest BCUT2D eigenvalue weighted by Gasteiger charge is 2.08. The molecule has 0 saturated heterocycles. The molecule has 1 N–H and O–H groups in total. The van der Waals surface area contributed by atoms with Crippen molar-refractivity contribution in [3.63, 3.8) is 0 Å². The molecule has 1 aromatic heterocycles. The molecule has 3 aromatic rings. The van der Waals surface area contributed by atoms with Crippen LogP contribution in [0.15, 0.2) is 85.1 Å². The lowest BCUT2D eigenvalue weighted by Gasteiger charge is -2.16. The van der Waals surface area contributed by atoms with Crippen LogP contribution < -0.4 is 5.32 Å². The Balaban J connectivity index is 1.64. The fourth-order valence-electron chi connectivity index (χ4n) is 2.67. The molecular formula is C23H22N2. The third-order valence-corrected chi connectivity index (χ3v) is 3.99. The first kappa shape index (κ1) is 17.0. The summed E-state index contributed by atoms with van der Waals surface area (Å²) in [6, 6.07) is 27.2. The highest BCUT2D eigenvalue weighted by atomic mass is 14.9. The Morgan fingerprint density at radius 3 is 2.16 bits per heavy atom. The largest absolute Gasteiger partial charge is 0.309 e. The van der Waals surface area contributed by atoms with Crippen molar-refractivity contribution in [1.29, 1.82) is 0 Å². The van der Waals surface area contributed by atoms with E-state index in [0.29, 0.717) is 6.04 Å². The SMILES string of the molecule is C(#Cc1ccccn1)C[C@H](Cc1ccccc1)NCc1ccccc1. The normalized spacial score (nSPS) is 11.4. The number of rotatable bonds is 6. The van der Waals surface area contributed by atoms with Crippen molar-refractivity contribution < 1.29 is 0 Å². The Labute approximate surface area is 150 Å². The summed E-state index contributed by atoms with van der Waals surface area (Å²) in [5, 5.41) is 3.65. The van der Waals surface area contributed by atoms with Gasteiger partial charge >= 0.3 is 0 Å². The van der Waals surface area contributed by atoms with Crippen LogP contribution in [0.25, 0.3) is 0 Å². The van der Waals surface area contributed by atoms with E-state index in [1.807, 2.05) is 24.3 Å². The minimum atomic E-state index is 0.304. The zero-order valence-electron chi connectivity index (χ0n) is 14.2. The average Bonchev–Trinajstić information content (AvgIpc) is 2.68. The minimum absolute atomic E-state index is 0.304. The maximum Gasteiger partial charge on any atom is 0.113 e. The minimum Gasteiger partial charge on any atom is -0.309 e. The van der Waals surface area contributed by atoms with Gasteiger partial charge in [0.05, 0.1) is 0 Å². The van der Waals surface area contributed by atoms with Crippen molar-refractivity contribution in [3.8, 4) is 11.8 Å². The molecule has 0 aliphatic carbocycles. The number of pyridine rings is 1. The third kappa shape index (κ3) is 5.91. The number of hydrogen-bond acceptors (Lipinski definition) is 2. The second-order valence-electron chi connectivity index (χ2n) is 5.97. The number of benzene rings is 2. The number of aromatic nitrogens is 1. The molecule has 1 heterocycles. The van der Waals surface area contributed by atoms with Gasteiger partial charge in [0.1, 0.15) is 5.69 Å². The van der Waals surface area contributed by atoms with Gasteiger partial charge in [-0.3, -0.25) is 0 Å². The van der Waals surface area contributed by atoms with Gasteiger partial charge in [0.2, 0.25) is 0 Å². The summed E-state index contributed by atoms with van der Waals surface area (Å²) in [5.41, 5.74) is 3.44. The van der Waals surface area contributed by atoms with E-state index in [0.717, 1.165) is 25.1 Å². The summed E-state index contributed by atoms with van der Waals surface area (Å²) in [4.78, 5) is 4.26. The van der Waals surface area contributed by atoms with E-state index in [1.54, 1.807) is 6.20 Å². The van der Waals surface area contributed by atoms with E-state index in [1.165, 1.54) is 11.1 Å². The molecular weight excluding hydrogens is 304 g/mol. The molecule has 1 atom stereocenters. The Morgan fingerprint density at radius 2 is 1.48 bits per heavy atom. The summed E-state index contributed by atoms with van der Waals surface area (Å²) >= 11 is 0. The van der Waals surface area contributed by atoms with Crippen LogP contribution >= 0.6 is 0 Å². The van der Waals surface area contributed by atoms with E-state index >= 15 is 0 Å². The van der Waals surface area contributed by atoms with Crippen LogP contribution in [0.2, 0.25) is 0 Å². The topological polar surface area (TPSA) is 24.9 Å². The van der Waals surface area contributed by atoms with Crippen molar-refractivity contribution in [2.45, 2.75) is 25.4 Å². The van der Waals surface area contributed by atoms with E-state index < -0.39 is 0 Å². The summed E-state index contributed by atoms with van der Waals surface area (Å²) < 4.78 is 0. The first-order valence-corrected chi connectivity index (χ1v) is 8.61. The van der Waals surface area contributed by atoms with Crippen LogP contribution in [0, 0.1) is 11.8 Å². The quantitative estimate of drug-likeness (QED) is 0.686. The lowest BCUT2D eigenvalue weighted by Crippen LogP contribution is -2.30. The monoisotopic (exact) mass is 326 g/mol. The van der Waals surface area contributed by atoms with Gasteiger partial charge in [0.15, 0.2) is 0 Å². The zero-order chi connectivity index (χ0) is 17.2. The highest BCUT2D eigenvalue weighted by Crippen LogP contribution is 2.07. The molecule has 2 heteroatoms. The van der Waals surface area contributed by atoms with Gasteiger partial charge in [-0.2, -0.15) is 0 Å². The smallest absolute Gasteiger partial charge is 0.113 e. The van der Waals surface area contributed by atoms with Gasteiger partial charge < -0.3 is 5.32 Å². The molecule has 0 aliphatic heterocycles. The molecule has 0 amide bonds. The molecule has 0 radical (unpaired) electrons. The first-order valence-electron chi connectivity index (χ1n) is 8.61. The predicted octanol–water partition coefficient (Wildman–Crippen LogP) is 4.22. The summed E-state index contributed by atoms with van der Waals surface area (Å²) in [6.07, 6.45) is 3.53. The van der Waals surface area contributed by atoms with Crippen LogP contribution in [0.4, 0.5) is 0 Å². The maximum absolute atomic E-state index is 4.26. The van der Waals surface area contributed by atoms with Crippen molar-refractivity contribution in [1.82, 2.24) is 10.3 Å². The third-order valence-electron chi connectivity index (χ3n) is 3.99. The molecule has 0 aliphatic rings. The van der Waals surface area contributed by atoms with Crippen molar-refractivity contribution in [3.05, 3.63) is 102 Å². The standard InChI is InChI=1S/C23H22N2/c1-3-10-20(11-4-1)18-23(25-19-21-12-5-2-6-13-21)16-9-15-22-14-7-8-17-24-22/h1-8,10-14,17,23,25H,16,18-19H2/t23-/m1/s1. The van der Waals surface area contributed by atoms with Crippen molar-refractivity contribution in [2.24, 2.45) is 0 Å². The lowest BCUT2D eigenvalue weighted by atomic mass is 10.0. The first-order chi connectivity index (χ1) is 12.4. The molecule has 0 unspecified atom stereocenters. The van der Waals surface area contributed by atoms with Crippen LogP contribution in [-0.4, -0.2) is 11.0 Å². The van der Waals surface area contributed by atoms with E-state index in [-0.39, 0.29) is 0 Å². The van der Waals surface area contributed by atoms with Gasteiger partial charge in [-0.25, -0.2) is 4.98 Å². The second-order valence-corrected chi connectivity index (χ2v) is 5.97. The second kappa shape index (κ2) is 9.42. The Bertz CT molecular complexity index is 802. The van der Waals surface area contributed by atoms with Crippen molar-refractivity contribution in [2.75, 3.05) is 0 Å². The van der Waals surface area contributed by atoms with Gasteiger partial charge in [0.25, 0.3) is 0 Å². The molecule has 0 fully saturated rings. The van der Waals surface area contributed by atoms with Crippen LogP contribution in [0.3, 0.4) is 0 Å². The van der Waals surface area contributed by atoms with Gasteiger partial charge in [-0.15, -0.1) is 0 Å². The molecule has 0 saturated carbocycles. The Morgan fingerprint density at radius 1 is 0.800 bits per heavy atom. The van der Waals surface area contributed by atoms with Crippen LogP contribution in [-0.2, 0) is 13.0 Å². The zero-order valence-corrected chi connectivity index (χ0v) is 14.2. The number of nitrogens with one attached hydrogen (secondary N) is 1. The van der Waals surface area contributed by atoms with E-state index in [2.05, 4.69) is 76.7 Å². The van der Waals surface area contributed by atoms with Crippen LogP contribution in [0.1, 0.15) is 23.2 Å². The fraction of sp³-hybridized carbons (Fsp3) is 0.174. The van der Waals surface area contributed by atoms with E-state index in [4.69, 9.17) is 0 Å². The Hall–Kier alpha value is -2.89. The van der Waals surface area contributed by atoms with E-state index in [9.17, 15) is 0 Å².